The van der Waals surface area contributed by atoms with Crippen molar-refractivity contribution in [1.29, 1.82) is 0 Å². The van der Waals surface area contributed by atoms with Crippen LogP contribution in [0.15, 0.2) is 30.6 Å². The SMILES string of the molecule is CC1(CO)CN(c2ccc(N3C[C@H](CN4C=CNN4)OC3=O)cc2F)C1. The van der Waals surface area contributed by atoms with Gasteiger partial charge in [0.2, 0.25) is 0 Å². The van der Waals surface area contributed by atoms with Crippen molar-refractivity contribution in [1.82, 2.24) is 16.0 Å². The van der Waals surface area contributed by atoms with Crippen molar-refractivity contribution in [3.63, 3.8) is 0 Å². The molecule has 3 N–H and O–H groups in total. The van der Waals surface area contributed by atoms with Crippen LogP contribution in [0.2, 0.25) is 0 Å². The van der Waals surface area contributed by atoms with Crippen molar-refractivity contribution in [3.05, 3.63) is 36.4 Å². The summed E-state index contributed by atoms with van der Waals surface area (Å²) in [6.45, 7) is 4.11. The number of nitrogens with one attached hydrogen (secondary N) is 2. The number of ether oxygens (including phenoxy) is 1. The molecule has 1 atom stereocenters. The number of amides is 1. The van der Waals surface area contributed by atoms with Crippen LogP contribution in [0.1, 0.15) is 6.92 Å². The Balaban J connectivity index is 1.42. The topological polar surface area (TPSA) is 80.3 Å². The molecule has 0 spiro atoms. The summed E-state index contributed by atoms with van der Waals surface area (Å²) < 4.78 is 19.9. The van der Waals surface area contributed by atoms with E-state index in [2.05, 4.69) is 11.0 Å². The lowest BCUT2D eigenvalue weighted by atomic mass is 9.82. The first kappa shape index (κ1) is 16.9. The van der Waals surface area contributed by atoms with Crippen LogP contribution in [0, 0.1) is 11.2 Å². The summed E-state index contributed by atoms with van der Waals surface area (Å²) in [4.78, 5) is 15.5. The number of halogens is 1. The van der Waals surface area contributed by atoms with E-state index in [4.69, 9.17) is 4.74 Å². The smallest absolute Gasteiger partial charge is 0.414 e. The number of cyclic esters (lactones) is 1. The van der Waals surface area contributed by atoms with Gasteiger partial charge in [-0.1, -0.05) is 6.92 Å². The quantitative estimate of drug-likeness (QED) is 0.713. The molecule has 2 fully saturated rings. The van der Waals surface area contributed by atoms with Crippen LogP contribution in [-0.4, -0.2) is 55.1 Å². The molecule has 0 saturated carbocycles. The van der Waals surface area contributed by atoms with Gasteiger partial charge in [-0.2, -0.15) is 0 Å². The summed E-state index contributed by atoms with van der Waals surface area (Å²) in [5.74, 6) is -0.382. The van der Waals surface area contributed by atoms with Gasteiger partial charge in [0.05, 0.1) is 31.1 Å². The lowest BCUT2D eigenvalue weighted by molar-refractivity contribution is 0.109. The third-order valence-electron chi connectivity index (χ3n) is 4.93. The van der Waals surface area contributed by atoms with Crippen molar-refractivity contribution in [2.24, 2.45) is 5.41 Å². The summed E-state index contributed by atoms with van der Waals surface area (Å²) >= 11 is 0. The Bertz CT molecular complexity index is 737. The van der Waals surface area contributed by atoms with Crippen LogP contribution in [-0.2, 0) is 4.74 Å². The van der Waals surface area contributed by atoms with Gasteiger partial charge in [0.15, 0.2) is 0 Å². The van der Waals surface area contributed by atoms with Crippen molar-refractivity contribution in [2.75, 3.05) is 42.6 Å². The largest absolute Gasteiger partial charge is 0.442 e. The van der Waals surface area contributed by atoms with Gasteiger partial charge in [-0.15, -0.1) is 5.53 Å². The maximum atomic E-state index is 14.6. The van der Waals surface area contributed by atoms with Crippen LogP contribution < -0.4 is 20.8 Å². The molecule has 1 aromatic carbocycles. The van der Waals surface area contributed by atoms with Crippen LogP contribution in [0.4, 0.5) is 20.6 Å². The van der Waals surface area contributed by atoms with E-state index in [1.54, 1.807) is 29.5 Å². The number of anilines is 2. The van der Waals surface area contributed by atoms with E-state index in [1.807, 2.05) is 11.8 Å². The summed E-state index contributed by atoms with van der Waals surface area (Å²) in [5.41, 5.74) is 6.49. The fourth-order valence-electron chi connectivity index (χ4n) is 3.50. The minimum atomic E-state index is -0.477. The van der Waals surface area contributed by atoms with Gasteiger partial charge >= 0.3 is 6.09 Å². The zero-order valence-electron chi connectivity index (χ0n) is 14.5. The molecule has 140 valence electrons. The lowest BCUT2D eigenvalue weighted by Gasteiger charge is -2.48. The molecule has 0 unspecified atom stereocenters. The average molecular weight is 363 g/mol. The first-order chi connectivity index (χ1) is 12.5. The monoisotopic (exact) mass is 363 g/mol. The molecule has 8 nitrogen and oxygen atoms in total. The van der Waals surface area contributed by atoms with E-state index < -0.39 is 6.09 Å². The molecule has 1 aromatic rings. The number of carbonyl (C=O) groups excluding carboxylic acids is 1. The Morgan fingerprint density at radius 2 is 2.23 bits per heavy atom. The number of carbonyl (C=O) groups is 1. The zero-order valence-corrected chi connectivity index (χ0v) is 14.5. The van der Waals surface area contributed by atoms with Crippen molar-refractivity contribution in [3.8, 4) is 0 Å². The molecule has 1 amide bonds. The van der Waals surface area contributed by atoms with Gasteiger partial charge in [0, 0.05) is 30.9 Å². The summed E-state index contributed by atoms with van der Waals surface area (Å²) in [7, 11) is 0. The number of hydrogen-bond acceptors (Lipinski definition) is 7. The van der Waals surface area contributed by atoms with E-state index >= 15 is 0 Å². The van der Waals surface area contributed by atoms with Crippen molar-refractivity contribution in [2.45, 2.75) is 13.0 Å². The fraction of sp³-hybridized carbons (Fsp3) is 0.471. The third-order valence-corrected chi connectivity index (χ3v) is 4.93. The van der Waals surface area contributed by atoms with E-state index in [9.17, 15) is 14.3 Å². The molecule has 2 saturated heterocycles. The maximum Gasteiger partial charge on any atom is 0.414 e. The Morgan fingerprint density at radius 3 is 2.88 bits per heavy atom. The standard InChI is InChI=1S/C17H22FN5O3/c1-17(11-24)9-21(10-17)15-3-2-12(6-14(15)18)23-8-13(26-16(23)25)7-22-5-4-19-20-22/h2-6,13,19-20,24H,7-11H2,1H3/t13-/m0/s1. The normalized spacial score (nSPS) is 23.9. The Morgan fingerprint density at radius 1 is 1.42 bits per heavy atom. The van der Waals surface area contributed by atoms with Crippen LogP contribution >= 0.6 is 0 Å². The molecule has 0 aliphatic carbocycles. The first-order valence-electron chi connectivity index (χ1n) is 8.55. The number of rotatable bonds is 5. The highest BCUT2D eigenvalue weighted by Crippen LogP contribution is 2.36. The summed E-state index contributed by atoms with van der Waals surface area (Å²) in [5, 5.41) is 11.1. The average Bonchev–Trinajstić information content (AvgIpc) is 3.22. The van der Waals surface area contributed by atoms with Gasteiger partial charge < -0.3 is 20.2 Å². The zero-order chi connectivity index (χ0) is 18.3. The fourth-order valence-corrected chi connectivity index (χ4v) is 3.50. The second-order valence-electron chi connectivity index (χ2n) is 7.30. The molecule has 26 heavy (non-hydrogen) atoms. The summed E-state index contributed by atoms with van der Waals surface area (Å²) in [6.07, 6.45) is 2.75. The summed E-state index contributed by atoms with van der Waals surface area (Å²) in [6, 6.07) is 4.77. The molecule has 3 aliphatic heterocycles. The predicted octanol–water partition coefficient (Wildman–Crippen LogP) is 0.765. The molecule has 3 heterocycles. The molecule has 0 radical (unpaired) electrons. The molecular weight excluding hydrogens is 341 g/mol. The van der Waals surface area contributed by atoms with Gasteiger partial charge in [-0.3, -0.25) is 9.91 Å². The van der Waals surface area contributed by atoms with Crippen LogP contribution in [0.3, 0.4) is 0 Å². The lowest BCUT2D eigenvalue weighted by Crippen LogP contribution is -2.57. The molecule has 9 heteroatoms. The molecule has 0 aromatic heterocycles. The van der Waals surface area contributed by atoms with E-state index in [-0.39, 0.29) is 23.9 Å². The minimum absolute atomic E-state index is 0.0841. The first-order valence-corrected chi connectivity index (χ1v) is 8.55. The second kappa shape index (κ2) is 6.33. The number of aliphatic hydroxyl groups excluding tert-OH is 1. The Kier molecular flexibility index (Phi) is 4.12. The highest BCUT2D eigenvalue weighted by Gasteiger charge is 2.39. The highest BCUT2D eigenvalue weighted by atomic mass is 19.1. The van der Waals surface area contributed by atoms with Crippen molar-refractivity contribution >= 4 is 17.5 Å². The van der Waals surface area contributed by atoms with Gasteiger partial charge in [0.25, 0.3) is 0 Å². The van der Waals surface area contributed by atoms with Gasteiger partial charge in [0.1, 0.15) is 11.9 Å². The number of benzene rings is 1. The van der Waals surface area contributed by atoms with E-state index in [0.29, 0.717) is 37.6 Å². The Labute approximate surface area is 150 Å². The minimum Gasteiger partial charge on any atom is -0.442 e. The number of hydrazine groups is 2. The Hall–Kier alpha value is -2.52. The number of hydrogen-bond donors (Lipinski definition) is 3. The maximum absolute atomic E-state index is 14.6. The van der Waals surface area contributed by atoms with Crippen LogP contribution in [0.5, 0.6) is 0 Å². The second-order valence-corrected chi connectivity index (χ2v) is 7.30. The van der Waals surface area contributed by atoms with Gasteiger partial charge in [-0.05, 0) is 18.2 Å². The molecule has 4 rings (SSSR count). The molecular formula is C17H22FN5O3. The number of aliphatic hydroxyl groups is 1. The number of nitrogens with zero attached hydrogens (tertiary/aromatic N) is 3. The van der Waals surface area contributed by atoms with Crippen LogP contribution in [0.25, 0.3) is 0 Å². The van der Waals surface area contributed by atoms with E-state index in [0.717, 1.165) is 0 Å². The van der Waals surface area contributed by atoms with Gasteiger partial charge in [-0.25, -0.2) is 9.18 Å². The molecule has 0 bridgehead atoms. The van der Waals surface area contributed by atoms with E-state index in [1.165, 1.54) is 11.0 Å². The predicted molar refractivity (Wildman–Crippen MR) is 93.5 cm³/mol. The molecule has 3 aliphatic rings. The third kappa shape index (κ3) is 3.04. The highest BCUT2D eigenvalue weighted by molar-refractivity contribution is 5.90. The van der Waals surface area contributed by atoms with Crippen molar-refractivity contribution < 1.29 is 19.0 Å².